The highest BCUT2D eigenvalue weighted by atomic mass is 16.5. The molecule has 21 heavy (non-hydrogen) atoms. The SMILES string of the molecule is COCCNCc1cccc(C)c1OCC1(CC#N)CC1. The van der Waals surface area contributed by atoms with E-state index in [-0.39, 0.29) is 5.41 Å². The molecule has 1 aliphatic carbocycles. The largest absolute Gasteiger partial charge is 0.492 e. The first-order valence-corrected chi connectivity index (χ1v) is 7.49. The van der Waals surface area contributed by atoms with Gasteiger partial charge in [-0.3, -0.25) is 0 Å². The fourth-order valence-corrected chi connectivity index (χ4v) is 2.40. The molecule has 0 aliphatic heterocycles. The number of aryl methyl sites for hydroxylation is 1. The standard InChI is InChI=1S/C17H24N2O2/c1-14-4-3-5-15(12-19-10-11-20-2)16(14)21-13-17(6-7-17)8-9-18/h3-5,19H,6-8,10-13H2,1-2H3. The van der Waals surface area contributed by atoms with E-state index in [4.69, 9.17) is 14.7 Å². The zero-order chi connectivity index (χ0) is 15.1. The lowest BCUT2D eigenvalue weighted by Crippen LogP contribution is -2.20. The Kier molecular flexibility index (Phi) is 5.60. The van der Waals surface area contributed by atoms with Crippen LogP contribution in [-0.2, 0) is 11.3 Å². The van der Waals surface area contributed by atoms with Crippen LogP contribution in [0, 0.1) is 23.7 Å². The Morgan fingerprint density at radius 3 is 2.86 bits per heavy atom. The van der Waals surface area contributed by atoms with E-state index in [1.807, 2.05) is 0 Å². The minimum atomic E-state index is 0.109. The summed E-state index contributed by atoms with van der Waals surface area (Å²) in [5, 5.41) is 12.2. The summed E-state index contributed by atoms with van der Waals surface area (Å²) in [5.74, 6) is 0.964. The minimum absolute atomic E-state index is 0.109. The molecule has 1 aromatic rings. The van der Waals surface area contributed by atoms with Crippen molar-refractivity contribution in [3.8, 4) is 11.8 Å². The fraction of sp³-hybridized carbons (Fsp3) is 0.588. The maximum Gasteiger partial charge on any atom is 0.126 e. The molecule has 114 valence electrons. The van der Waals surface area contributed by atoms with Crippen LogP contribution in [0.25, 0.3) is 0 Å². The van der Waals surface area contributed by atoms with Gasteiger partial charge in [-0.15, -0.1) is 0 Å². The number of nitrogens with one attached hydrogen (secondary N) is 1. The van der Waals surface area contributed by atoms with Crippen molar-refractivity contribution in [2.24, 2.45) is 5.41 Å². The van der Waals surface area contributed by atoms with E-state index in [2.05, 4.69) is 36.5 Å². The fourth-order valence-electron chi connectivity index (χ4n) is 2.40. The first-order valence-electron chi connectivity index (χ1n) is 7.49. The second-order valence-corrected chi connectivity index (χ2v) is 5.86. The summed E-state index contributed by atoms with van der Waals surface area (Å²) in [4.78, 5) is 0. The lowest BCUT2D eigenvalue weighted by Gasteiger charge is -2.18. The second-order valence-electron chi connectivity index (χ2n) is 5.86. The summed E-state index contributed by atoms with van der Waals surface area (Å²) < 4.78 is 11.1. The topological polar surface area (TPSA) is 54.3 Å². The van der Waals surface area contributed by atoms with E-state index < -0.39 is 0 Å². The maximum atomic E-state index is 8.89. The van der Waals surface area contributed by atoms with E-state index in [1.54, 1.807) is 7.11 Å². The van der Waals surface area contributed by atoms with Crippen LogP contribution in [0.4, 0.5) is 0 Å². The van der Waals surface area contributed by atoms with Crippen LogP contribution in [0.15, 0.2) is 18.2 Å². The number of methoxy groups -OCH3 is 1. The predicted molar refractivity (Wildman–Crippen MR) is 82.2 cm³/mol. The summed E-state index contributed by atoms with van der Waals surface area (Å²) in [6, 6.07) is 8.49. The Hall–Kier alpha value is -1.57. The van der Waals surface area contributed by atoms with E-state index in [0.717, 1.165) is 37.2 Å². The molecule has 1 aromatic carbocycles. The molecule has 4 nitrogen and oxygen atoms in total. The van der Waals surface area contributed by atoms with Crippen LogP contribution in [0.5, 0.6) is 5.75 Å². The van der Waals surface area contributed by atoms with Gasteiger partial charge in [0.25, 0.3) is 0 Å². The van der Waals surface area contributed by atoms with Crippen LogP contribution in [0.2, 0.25) is 0 Å². The Bertz CT molecular complexity index is 504. The summed E-state index contributed by atoms with van der Waals surface area (Å²) in [6.45, 7) is 5.01. The molecular formula is C17H24N2O2. The van der Waals surface area contributed by atoms with Crippen molar-refractivity contribution in [1.29, 1.82) is 5.26 Å². The van der Waals surface area contributed by atoms with E-state index in [9.17, 15) is 0 Å². The first-order chi connectivity index (χ1) is 10.2. The normalized spacial score (nSPS) is 15.5. The summed E-state index contributed by atoms with van der Waals surface area (Å²) in [6.07, 6.45) is 2.81. The van der Waals surface area contributed by atoms with Gasteiger partial charge in [0.15, 0.2) is 0 Å². The first kappa shape index (κ1) is 15.8. The number of ether oxygens (including phenoxy) is 2. The van der Waals surface area contributed by atoms with Crippen molar-refractivity contribution >= 4 is 0 Å². The molecule has 0 radical (unpaired) electrons. The average Bonchev–Trinajstić information content (AvgIpc) is 3.23. The van der Waals surface area contributed by atoms with Gasteiger partial charge >= 0.3 is 0 Å². The summed E-state index contributed by atoms with van der Waals surface area (Å²) >= 11 is 0. The van der Waals surface area contributed by atoms with Crippen LogP contribution >= 0.6 is 0 Å². The Morgan fingerprint density at radius 2 is 2.19 bits per heavy atom. The number of benzene rings is 1. The Balaban J connectivity index is 1.95. The smallest absolute Gasteiger partial charge is 0.126 e. The third-order valence-electron chi connectivity index (χ3n) is 4.03. The number of para-hydroxylation sites is 1. The molecule has 0 unspecified atom stereocenters. The van der Waals surface area contributed by atoms with Crippen molar-refractivity contribution in [2.75, 3.05) is 26.9 Å². The van der Waals surface area contributed by atoms with Crippen molar-refractivity contribution in [1.82, 2.24) is 5.32 Å². The predicted octanol–water partition coefficient (Wildman–Crippen LogP) is 2.80. The van der Waals surface area contributed by atoms with Gasteiger partial charge in [0.2, 0.25) is 0 Å². The van der Waals surface area contributed by atoms with Crippen molar-refractivity contribution in [3.63, 3.8) is 0 Å². The molecule has 0 bridgehead atoms. The van der Waals surface area contributed by atoms with Crippen molar-refractivity contribution in [2.45, 2.75) is 32.7 Å². The number of nitriles is 1. The number of nitrogens with zero attached hydrogens (tertiary/aromatic N) is 1. The van der Waals surface area contributed by atoms with Gasteiger partial charge in [-0.05, 0) is 25.3 Å². The minimum Gasteiger partial charge on any atom is -0.492 e. The van der Waals surface area contributed by atoms with Crippen LogP contribution < -0.4 is 10.1 Å². The Labute approximate surface area is 127 Å². The lowest BCUT2D eigenvalue weighted by atomic mass is 10.0. The highest BCUT2D eigenvalue weighted by molar-refractivity contribution is 5.40. The molecular weight excluding hydrogens is 264 g/mol. The third-order valence-corrected chi connectivity index (χ3v) is 4.03. The summed E-state index contributed by atoms with van der Waals surface area (Å²) in [7, 11) is 1.70. The lowest BCUT2D eigenvalue weighted by molar-refractivity contribution is 0.198. The van der Waals surface area contributed by atoms with Gasteiger partial charge in [-0.2, -0.15) is 5.26 Å². The molecule has 0 saturated heterocycles. The van der Waals surface area contributed by atoms with Crippen LogP contribution in [-0.4, -0.2) is 26.9 Å². The van der Waals surface area contributed by atoms with Crippen LogP contribution in [0.1, 0.15) is 30.4 Å². The third kappa shape index (κ3) is 4.45. The highest BCUT2D eigenvalue weighted by Crippen LogP contribution is 2.49. The second kappa shape index (κ2) is 7.44. The van der Waals surface area contributed by atoms with E-state index in [0.29, 0.717) is 19.6 Å². The molecule has 2 rings (SSSR count). The molecule has 0 heterocycles. The van der Waals surface area contributed by atoms with Crippen LogP contribution in [0.3, 0.4) is 0 Å². The van der Waals surface area contributed by atoms with E-state index in [1.165, 1.54) is 5.56 Å². The Morgan fingerprint density at radius 1 is 1.38 bits per heavy atom. The number of rotatable bonds is 9. The molecule has 1 aliphatic rings. The summed E-state index contributed by atoms with van der Waals surface area (Å²) in [5.41, 5.74) is 2.42. The molecule has 1 fully saturated rings. The molecule has 4 heteroatoms. The van der Waals surface area contributed by atoms with Gasteiger partial charge in [0, 0.05) is 37.6 Å². The van der Waals surface area contributed by atoms with Gasteiger partial charge in [-0.25, -0.2) is 0 Å². The van der Waals surface area contributed by atoms with Gasteiger partial charge in [-0.1, -0.05) is 18.2 Å². The quantitative estimate of drug-likeness (QED) is 0.710. The zero-order valence-electron chi connectivity index (χ0n) is 12.9. The van der Waals surface area contributed by atoms with Gasteiger partial charge in [0.05, 0.1) is 19.3 Å². The molecule has 0 aromatic heterocycles. The number of hydrogen-bond acceptors (Lipinski definition) is 4. The highest BCUT2D eigenvalue weighted by Gasteiger charge is 2.43. The zero-order valence-corrected chi connectivity index (χ0v) is 12.9. The molecule has 1 saturated carbocycles. The average molecular weight is 288 g/mol. The van der Waals surface area contributed by atoms with E-state index >= 15 is 0 Å². The molecule has 0 spiro atoms. The maximum absolute atomic E-state index is 8.89. The van der Waals surface area contributed by atoms with Crippen molar-refractivity contribution in [3.05, 3.63) is 29.3 Å². The molecule has 0 amide bonds. The molecule has 0 atom stereocenters. The van der Waals surface area contributed by atoms with Gasteiger partial charge < -0.3 is 14.8 Å². The van der Waals surface area contributed by atoms with Gasteiger partial charge in [0.1, 0.15) is 5.75 Å². The molecule has 1 N–H and O–H groups in total. The monoisotopic (exact) mass is 288 g/mol. The number of hydrogen-bond donors (Lipinski definition) is 1. The van der Waals surface area contributed by atoms with Crippen molar-refractivity contribution < 1.29 is 9.47 Å².